The van der Waals surface area contributed by atoms with E-state index in [1.54, 1.807) is 0 Å². The SMILES string of the molecule is Cc1nc(CSC(C)C)nc(C)c1C(C)CNC(C)C. The summed E-state index contributed by atoms with van der Waals surface area (Å²) < 4.78 is 0. The van der Waals surface area contributed by atoms with Crippen LogP contribution < -0.4 is 5.32 Å². The van der Waals surface area contributed by atoms with Crippen molar-refractivity contribution in [1.29, 1.82) is 0 Å². The van der Waals surface area contributed by atoms with Crippen molar-refractivity contribution in [2.24, 2.45) is 0 Å². The third kappa shape index (κ3) is 5.41. The maximum Gasteiger partial charge on any atom is 0.138 e. The lowest BCUT2D eigenvalue weighted by Crippen LogP contribution is -2.28. The number of hydrogen-bond donors (Lipinski definition) is 1. The van der Waals surface area contributed by atoms with Crippen molar-refractivity contribution in [3.8, 4) is 0 Å². The first-order valence-electron chi connectivity index (χ1n) is 7.50. The van der Waals surface area contributed by atoms with E-state index in [0.717, 1.165) is 29.5 Å². The van der Waals surface area contributed by atoms with Crippen LogP contribution >= 0.6 is 11.8 Å². The standard InChI is InChI=1S/C16H29N3S/c1-10(2)17-8-12(5)16-13(6)18-15(19-14(16)7)9-20-11(3)4/h10-12,17H,8-9H2,1-7H3. The first kappa shape index (κ1) is 17.4. The minimum atomic E-state index is 0.448. The average Bonchev–Trinajstić information content (AvgIpc) is 2.33. The van der Waals surface area contributed by atoms with E-state index in [0.29, 0.717) is 17.2 Å². The van der Waals surface area contributed by atoms with Crippen molar-refractivity contribution in [2.45, 2.75) is 71.4 Å². The number of nitrogens with zero attached hydrogens (tertiary/aromatic N) is 2. The fraction of sp³-hybridized carbons (Fsp3) is 0.750. The Bertz CT molecular complexity index is 407. The predicted octanol–water partition coefficient (Wildman–Crippen LogP) is 3.84. The molecular formula is C16H29N3S. The molecular weight excluding hydrogens is 266 g/mol. The van der Waals surface area contributed by atoms with Gasteiger partial charge in [0.1, 0.15) is 5.82 Å². The molecule has 0 saturated heterocycles. The van der Waals surface area contributed by atoms with Crippen LogP contribution in [0.5, 0.6) is 0 Å². The van der Waals surface area contributed by atoms with E-state index in [1.165, 1.54) is 5.56 Å². The normalized spacial score (nSPS) is 13.2. The van der Waals surface area contributed by atoms with Crippen LogP contribution in [0, 0.1) is 13.8 Å². The van der Waals surface area contributed by atoms with Crippen LogP contribution in [0.15, 0.2) is 0 Å². The summed E-state index contributed by atoms with van der Waals surface area (Å²) in [6, 6.07) is 0.515. The molecule has 0 radical (unpaired) electrons. The molecule has 4 heteroatoms. The number of nitrogens with one attached hydrogen (secondary N) is 1. The summed E-state index contributed by atoms with van der Waals surface area (Å²) in [4.78, 5) is 9.39. The molecule has 1 rings (SSSR count). The van der Waals surface area contributed by atoms with E-state index < -0.39 is 0 Å². The van der Waals surface area contributed by atoms with Gasteiger partial charge >= 0.3 is 0 Å². The van der Waals surface area contributed by atoms with Gasteiger partial charge < -0.3 is 5.32 Å². The van der Waals surface area contributed by atoms with E-state index >= 15 is 0 Å². The molecule has 0 aromatic carbocycles. The zero-order valence-electron chi connectivity index (χ0n) is 13.9. The first-order valence-corrected chi connectivity index (χ1v) is 8.55. The summed E-state index contributed by atoms with van der Waals surface area (Å²) in [5.74, 6) is 2.31. The van der Waals surface area contributed by atoms with Gasteiger partial charge in [-0.2, -0.15) is 11.8 Å². The van der Waals surface area contributed by atoms with Crippen LogP contribution in [0.2, 0.25) is 0 Å². The van der Waals surface area contributed by atoms with E-state index in [1.807, 2.05) is 11.8 Å². The Morgan fingerprint density at radius 2 is 1.55 bits per heavy atom. The monoisotopic (exact) mass is 295 g/mol. The highest BCUT2D eigenvalue weighted by Crippen LogP contribution is 2.23. The topological polar surface area (TPSA) is 37.8 Å². The largest absolute Gasteiger partial charge is 0.314 e. The van der Waals surface area contributed by atoms with Gasteiger partial charge in [0.25, 0.3) is 0 Å². The van der Waals surface area contributed by atoms with Gasteiger partial charge in [-0.3, -0.25) is 0 Å². The summed E-state index contributed by atoms with van der Waals surface area (Å²) in [6.07, 6.45) is 0. The van der Waals surface area contributed by atoms with Crippen molar-refractivity contribution in [1.82, 2.24) is 15.3 Å². The highest BCUT2D eigenvalue weighted by molar-refractivity contribution is 7.99. The van der Waals surface area contributed by atoms with Crippen molar-refractivity contribution in [3.63, 3.8) is 0 Å². The molecule has 1 unspecified atom stereocenters. The van der Waals surface area contributed by atoms with Crippen LogP contribution in [0.3, 0.4) is 0 Å². The average molecular weight is 295 g/mol. The Morgan fingerprint density at radius 3 is 2.00 bits per heavy atom. The lowest BCUT2D eigenvalue weighted by atomic mass is 9.98. The minimum Gasteiger partial charge on any atom is -0.314 e. The molecule has 114 valence electrons. The second kappa shape index (κ2) is 7.99. The molecule has 20 heavy (non-hydrogen) atoms. The Labute approximate surface area is 128 Å². The van der Waals surface area contributed by atoms with Gasteiger partial charge in [-0.1, -0.05) is 34.6 Å². The van der Waals surface area contributed by atoms with E-state index in [4.69, 9.17) is 9.97 Å². The quantitative estimate of drug-likeness (QED) is 0.829. The van der Waals surface area contributed by atoms with Gasteiger partial charge in [0.2, 0.25) is 0 Å². The van der Waals surface area contributed by atoms with Crippen LogP contribution in [-0.4, -0.2) is 27.8 Å². The van der Waals surface area contributed by atoms with E-state index in [2.05, 4.69) is 53.8 Å². The lowest BCUT2D eigenvalue weighted by molar-refractivity contribution is 0.543. The molecule has 1 heterocycles. The van der Waals surface area contributed by atoms with Crippen molar-refractivity contribution in [3.05, 3.63) is 22.8 Å². The molecule has 1 aromatic heterocycles. The van der Waals surface area contributed by atoms with Crippen LogP contribution in [0.4, 0.5) is 0 Å². The van der Waals surface area contributed by atoms with Crippen molar-refractivity contribution >= 4 is 11.8 Å². The highest BCUT2D eigenvalue weighted by Gasteiger charge is 2.15. The number of thioether (sulfide) groups is 1. The molecule has 1 N–H and O–H groups in total. The maximum atomic E-state index is 4.69. The lowest BCUT2D eigenvalue weighted by Gasteiger charge is -2.19. The van der Waals surface area contributed by atoms with Gasteiger partial charge in [0.05, 0.1) is 5.75 Å². The Hall–Kier alpha value is -0.610. The second-order valence-corrected chi connectivity index (χ2v) is 7.61. The van der Waals surface area contributed by atoms with Gasteiger partial charge in [0.15, 0.2) is 0 Å². The summed E-state index contributed by atoms with van der Waals surface area (Å²) in [5, 5.41) is 4.11. The molecule has 0 amide bonds. The third-order valence-electron chi connectivity index (χ3n) is 3.24. The maximum absolute atomic E-state index is 4.69. The Kier molecular flexibility index (Phi) is 6.96. The fourth-order valence-electron chi connectivity index (χ4n) is 2.33. The van der Waals surface area contributed by atoms with E-state index in [-0.39, 0.29) is 0 Å². The van der Waals surface area contributed by atoms with Crippen LogP contribution in [0.25, 0.3) is 0 Å². The van der Waals surface area contributed by atoms with E-state index in [9.17, 15) is 0 Å². The molecule has 0 spiro atoms. The molecule has 1 aromatic rings. The fourth-order valence-corrected chi connectivity index (χ4v) is 2.94. The minimum absolute atomic E-state index is 0.448. The van der Waals surface area contributed by atoms with Crippen LogP contribution in [0.1, 0.15) is 63.3 Å². The first-order chi connectivity index (χ1) is 9.31. The zero-order valence-corrected chi connectivity index (χ0v) is 14.8. The summed E-state index contributed by atoms with van der Waals surface area (Å²) in [7, 11) is 0. The Balaban J connectivity index is 2.82. The molecule has 0 bridgehead atoms. The van der Waals surface area contributed by atoms with Gasteiger partial charge in [-0.25, -0.2) is 9.97 Å². The molecule has 0 saturated carbocycles. The summed E-state index contributed by atoms with van der Waals surface area (Å²) >= 11 is 1.89. The number of rotatable bonds is 7. The smallest absolute Gasteiger partial charge is 0.138 e. The molecule has 1 atom stereocenters. The predicted molar refractivity (Wildman–Crippen MR) is 89.5 cm³/mol. The molecule has 0 aliphatic heterocycles. The van der Waals surface area contributed by atoms with Crippen molar-refractivity contribution < 1.29 is 0 Å². The highest BCUT2D eigenvalue weighted by atomic mass is 32.2. The molecule has 0 fully saturated rings. The van der Waals surface area contributed by atoms with Crippen LogP contribution in [-0.2, 0) is 5.75 Å². The van der Waals surface area contributed by atoms with Gasteiger partial charge in [-0.05, 0) is 30.6 Å². The zero-order chi connectivity index (χ0) is 15.3. The second-order valence-electron chi connectivity index (χ2n) is 6.05. The van der Waals surface area contributed by atoms with Gasteiger partial charge in [0, 0.05) is 24.0 Å². The van der Waals surface area contributed by atoms with Crippen molar-refractivity contribution in [2.75, 3.05) is 6.54 Å². The third-order valence-corrected chi connectivity index (χ3v) is 4.34. The number of hydrogen-bond acceptors (Lipinski definition) is 4. The summed E-state index contributed by atoms with van der Waals surface area (Å²) in [5.41, 5.74) is 3.57. The molecule has 0 aliphatic rings. The number of aryl methyl sites for hydroxylation is 2. The number of aromatic nitrogens is 2. The Morgan fingerprint density at radius 1 is 1.00 bits per heavy atom. The van der Waals surface area contributed by atoms with Gasteiger partial charge in [-0.15, -0.1) is 0 Å². The molecule has 0 aliphatic carbocycles. The molecule has 3 nitrogen and oxygen atoms in total. The summed E-state index contributed by atoms with van der Waals surface area (Å²) in [6.45, 7) is 16.2.